The number of oxazole rings is 1. The zero-order valence-corrected chi connectivity index (χ0v) is 10.4. The second kappa shape index (κ2) is 3.77. The first-order valence-electron chi connectivity index (χ1n) is 5.86. The van der Waals surface area contributed by atoms with Crippen molar-refractivity contribution in [3.8, 4) is 0 Å². The van der Waals surface area contributed by atoms with Crippen LogP contribution in [0, 0.1) is 5.41 Å². The molecule has 0 amide bonds. The van der Waals surface area contributed by atoms with Crippen molar-refractivity contribution in [3.05, 3.63) is 12.5 Å². The molecule has 4 heteroatoms. The van der Waals surface area contributed by atoms with Crippen LogP contribution >= 0.6 is 11.8 Å². The van der Waals surface area contributed by atoms with Gasteiger partial charge in [0.25, 0.3) is 5.22 Å². The normalized spacial score (nSPS) is 37.8. The van der Waals surface area contributed by atoms with Crippen LogP contribution in [-0.4, -0.2) is 22.9 Å². The van der Waals surface area contributed by atoms with E-state index in [1.165, 1.54) is 25.7 Å². The summed E-state index contributed by atoms with van der Waals surface area (Å²) in [6.07, 6.45) is 8.33. The quantitative estimate of drug-likeness (QED) is 0.759. The van der Waals surface area contributed by atoms with E-state index in [-0.39, 0.29) is 5.60 Å². The smallest absolute Gasteiger partial charge is 0.255 e. The molecule has 2 aliphatic heterocycles. The summed E-state index contributed by atoms with van der Waals surface area (Å²) in [7, 11) is 0. The summed E-state index contributed by atoms with van der Waals surface area (Å²) in [5, 5.41) is 0.785. The molecule has 0 aromatic carbocycles. The van der Waals surface area contributed by atoms with Gasteiger partial charge in [-0.05, 0) is 32.6 Å². The zero-order valence-electron chi connectivity index (χ0n) is 9.57. The monoisotopic (exact) mass is 239 g/mol. The van der Waals surface area contributed by atoms with Gasteiger partial charge in [-0.3, -0.25) is 0 Å². The largest absolute Gasteiger partial charge is 0.440 e. The Kier molecular flexibility index (Phi) is 2.51. The van der Waals surface area contributed by atoms with E-state index < -0.39 is 0 Å². The Morgan fingerprint density at radius 1 is 1.38 bits per heavy atom. The molecule has 3 fully saturated rings. The first kappa shape index (κ1) is 10.7. The maximum absolute atomic E-state index is 5.97. The highest BCUT2D eigenvalue weighted by Crippen LogP contribution is 2.50. The van der Waals surface area contributed by atoms with Gasteiger partial charge in [0.2, 0.25) is 0 Å². The SMILES string of the molecule is CC12CCC(CSc3ncco3)(CC1)CO2. The molecule has 3 nitrogen and oxygen atoms in total. The highest BCUT2D eigenvalue weighted by Gasteiger charge is 2.47. The van der Waals surface area contributed by atoms with Crippen molar-refractivity contribution in [3.63, 3.8) is 0 Å². The standard InChI is InChI=1S/C12H17NO2S/c1-11-2-4-12(5-3-11,8-15-11)9-16-10-13-6-7-14-10/h6-7H,2-5,8-9H2,1H3. The number of fused-ring (bicyclic) bond motifs is 3. The lowest BCUT2D eigenvalue weighted by Crippen LogP contribution is -2.50. The molecule has 0 radical (unpaired) electrons. The van der Waals surface area contributed by atoms with Crippen LogP contribution in [0.5, 0.6) is 0 Å². The average molecular weight is 239 g/mol. The van der Waals surface area contributed by atoms with E-state index in [0.29, 0.717) is 5.41 Å². The van der Waals surface area contributed by atoms with E-state index in [9.17, 15) is 0 Å². The fraction of sp³-hybridized carbons (Fsp3) is 0.750. The molecule has 2 saturated heterocycles. The van der Waals surface area contributed by atoms with Crippen molar-refractivity contribution < 1.29 is 9.15 Å². The Hall–Kier alpha value is -0.480. The number of rotatable bonds is 3. The van der Waals surface area contributed by atoms with Gasteiger partial charge in [-0.15, -0.1) is 0 Å². The molecule has 88 valence electrons. The minimum Gasteiger partial charge on any atom is -0.440 e. The Morgan fingerprint density at radius 3 is 2.75 bits per heavy atom. The van der Waals surface area contributed by atoms with Crippen molar-refractivity contribution in [1.82, 2.24) is 4.98 Å². The average Bonchev–Trinajstić information content (AvgIpc) is 2.82. The second-order valence-corrected chi connectivity index (χ2v) is 6.25. The Balaban J connectivity index is 1.63. The lowest BCUT2D eigenvalue weighted by Gasteiger charge is -2.51. The molecule has 1 aromatic rings. The molecule has 3 aliphatic rings. The first-order chi connectivity index (χ1) is 7.70. The van der Waals surface area contributed by atoms with Gasteiger partial charge in [-0.25, -0.2) is 4.98 Å². The molecule has 3 heterocycles. The molecular weight excluding hydrogens is 222 g/mol. The maximum Gasteiger partial charge on any atom is 0.255 e. The molecule has 2 bridgehead atoms. The van der Waals surface area contributed by atoms with Crippen molar-refractivity contribution in [1.29, 1.82) is 0 Å². The van der Waals surface area contributed by atoms with Crippen LogP contribution in [0.2, 0.25) is 0 Å². The Morgan fingerprint density at radius 2 is 2.19 bits per heavy atom. The predicted molar refractivity (Wildman–Crippen MR) is 62.5 cm³/mol. The van der Waals surface area contributed by atoms with Crippen LogP contribution < -0.4 is 0 Å². The summed E-state index contributed by atoms with van der Waals surface area (Å²) in [6, 6.07) is 0. The fourth-order valence-corrected chi connectivity index (χ4v) is 3.67. The Bertz CT molecular complexity index is 339. The molecule has 1 aromatic heterocycles. The second-order valence-electron chi connectivity index (χ2n) is 5.33. The van der Waals surface area contributed by atoms with Gasteiger partial charge in [0.15, 0.2) is 0 Å². The van der Waals surface area contributed by atoms with Crippen LogP contribution in [0.15, 0.2) is 22.1 Å². The number of aromatic nitrogens is 1. The van der Waals surface area contributed by atoms with Gasteiger partial charge in [-0.1, -0.05) is 11.8 Å². The molecule has 0 atom stereocenters. The van der Waals surface area contributed by atoms with E-state index in [4.69, 9.17) is 9.15 Å². The summed E-state index contributed by atoms with van der Waals surface area (Å²) in [6.45, 7) is 3.16. The van der Waals surface area contributed by atoms with Crippen LogP contribution in [-0.2, 0) is 4.74 Å². The van der Waals surface area contributed by atoms with Crippen LogP contribution in [0.3, 0.4) is 0 Å². The van der Waals surface area contributed by atoms with E-state index in [2.05, 4.69) is 11.9 Å². The summed E-state index contributed by atoms with van der Waals surface area (Å²) in [4.78, 5) is 4.15. The van der Waals surface area contributed by atoms with E-state index in [0.717, 1.165) is 17.6 Å². The fourth-order valence-electron chi connectivity index (χ4n) is 2.61. The predicted octanol–water partition coefficient (Wildman–Crippen LogP) is 3.12. The van der Waals surface area contributed by atoms with Crippen LogP contribution in [0.25, 0.3) is 0 Å². The van der Waals surface area contributed by atoms with Gasteiger partial charge in [0.05, 0.1) is 18.4 Å². The minimum absolute atomic E-state index is 0.176. The van der Waals surface area contributed by atoms with Crippen molar-refractivity contribution >= 4 is 11.8 Å². The van der Waals surface area contributed by atoms with E-state index in [1.54, 1.807) is 24.2 Å². The molecule has 1 aliphatic carbocycles. The molecule has 4 rings (SSSR count). The van der Waals surface area contributed by atoms with Gasteiger partial charge < -0.3 is 9.15 Å². The third-order valence-electron chi connectivity index (χ3n) is 4.01. The summed E-state index contributed by atoms with van der Waals surface area (Å²) in [5.41, 5.74) is 0.548. The Labute approximate surface area is 100.0 Å². The molecule has 0 N–H and O–H groups in total. The summed E-state index contributed by atoms with van der Waals surface area (Å²) < 4.78 is 11.2. The number of hydrogen-bond donors (Lipinski definition) is 0. The molecular formula is C12H17NO2S. The highest BCUT2D eigenvalue weighted by molar-refractivity contribution is 7.99. The van der Waals surface area contributed by atoms with Crippen LogP contribution in [0.1, 0.15) is 32.6 Å². The van der Waals surface area contributed by atoms with Crippen molar-refractivity contribution in [2.24, 2.45) is 5.41 Å². The number of thioether (sulfide) groups is 1. The third-order valence-corrected chi connectivity index (χ3v) is 5.21. The third kappa shape index (κ3) is 1.89. The first-order valence-corrected chi connectivity index (χ1v) is 6.85. The summed E-state index contributed by atoms with van der Waals surface area (Å²) >= 11 is 1.72. The molecule has 16 heavy (non-hydrogen) atoms. The number of nitrogens with zero attached hydrogens (tertiary/aromatic N) is 1. The number of ether oxygens (including phenoxy) is 1. The van der Waals surface area contributed by atoms with Gasteiger partial charge in [0.1, 0.15) is 6.26 Å². The molecule has 0 unspecified atom stereocenters. The number of hydrogen-bond acceptors (Lipinski definition) is 4. The zero-order chi connectivity index (χ0) is 11.1. The van der Waals surface area contributed by atoms with Gasteiger partial charge in [0, 0.05) is 11.2 Å². The lowest BCUT2D eigenvalue weighted by molar-refractivity contribution is -0.165. The van der Waals surface area contributed by atoms with E-state index in [1.807, 2.05) is 0 Å². The topological polar surface area (TPSA) is 35.3 Å². The van der Waals surface area contributed by atoms with Crippen molar-refractivity contribution in [2.75, 3.05) is 12.4 Å². The van der Waals surface area contributed by atoms with E-state index >= 15 is 0 Å². The maximum atomic E-state index is 5.97. The van der Waals surface area contributed by atoms with Gasteiger partial charge in [-0.2, -0.15) is 0 Å². The summed E-state index contributed by atoms with van der Waals surface area (Å²) in [5.74, 6) is 1.07. The van der Waals surface area contributed by atoms with Gasteiger partial charge >= 0.3 is 0 Å². The molecule has 0 spiro atoms. The highest BCUT2D eigenvalue weighted by atomic mass is 32.2. The lowest BCUT2D eigenvalue weighted by atomic mass is 9.68. The van der Waals surface area contributed by atoms with Crippen molar-refractivity contribution in [2.45, 2.75) is 43.4 Å². The molecule has 1 saturated carbocycles. The minimum atomic E-state index is 0.176. The van der Waals surface area contributed by atoms with Crippen LogP contribution in [0.4, 0.5) is 0 Å².